The quantitative estimate of drug-likeness (QED) is 0.175. The number of aromatic nitrogens is 2. The molecule has 2 saturated carbocycles. The number of nitrogens with zero attached hydrogens (tertiary/aromatic N) is 2. The number of benzene rings is 2. The van der Waals surface area contributed by atoms with Gasteiger partial charge in [-0.3, -0.25) is 4.79 Å². The molecule has 0 spiro atoms. The van der Waals surface area contributed by atoms with E-state index in [1.165, 1.54) is 12.1 Å². The van der Waals surface area contributed by atoms with Gasteiger partial charge in [-0.2, -0.15) is 18.3 Å². The lowest BCUT2D eigenvalue weighted by atomic mass is 9.50. The van der Waals surface area contributed by atoms with E-state index in [1.54, 1.807) is 12.1 Å². The third kappa shape index (κ3) is 7.59. The van der Waals surface area contributed by atoms with Gasteiger partial charge in [-0.25, -0.2) is 9.07 Å². The predicted octanol–water partition coefficient (Wildman–Crippen LogP) is 10.2. The highest BCUT2D eigenvalue weighted by molar-refractivity contribution is 6.74. The van der Waals surface area contributed by atoms with Crippen molar-refractivity contribution in [3.05, 3.63) is 71.8 Å². The van der Waals surface area contributed by atoms with Crippen LogP contribution in [0, 0.1) is 52.7 Å². The minimum Gasteiger partial charge on any atom is -0.457 e. The van der Waals surface area contributed by atoms with Crippen LogP contribution in [0.3, 0.4) is 0 Å². The molecule has 11 heteroatoms. The second kappa shape index (κ2) is 14.2. The topological polar surface area (TPSA) is 65.4 Å². The monoisotopic (exact) mass is 741 g/mol. The van der Waals surface area contributed by atoms with Crippen molar-refractivity contribution in [2.75, 3.05) is 13.2 Å². The Morgan fingerprint density at radius 3 is 2.25 bits per heavy atom. The molecular formula is C41H55F4N3O3Si. The minimum atomic E-state index is -4.91. The van der Waals surface area contributed by atoms with E-state index in [9.17, 15) is 22.4 Å². The van der Waals surface area contributed by atoms with E-state index in [0.717, 1.165) is 42.6 Å². The van der Waals surface area contributed by atoms with Crippen LogP contribution in [0.1, 0.15) is 72.1 Å². The van der Waals surface area contributed by atoms with Crippen molar-refractivity contribution in [1.29, 1.82) is 0 Å². The average molecular weight is 742 g/mol. The molecule has 0 bridgehead atoms. The summed E-state index contributed by atoms with van der Waals surface area (Å²) in [5.74, 6) is 0.738. The molecule has 2 aromatic carbocycles. The van der Waals surface area contributed by atoms with Gasteiger partial charge >= 0.3 is 12.1 Å². The SMILES string of the molecule is C[C@@H]1C[C@H]([C@@]2(C)Cc3cnn(-c4ccc(Oc5ccc(F)cc5)cc4)c3C[C@@H]2CO[Si](C)(C)C(C)(C)C)[C@@H](CNC(=O)C(F)(F)F)[C@H]2CC[C@H](C)[C@@H]21. The van der Waals surface area contributed by atoms with Crippen LogP contribution in [0.2, 0.25) is 18.1 Å². The third-order valence-electron chi connectivity index (χ3n) is 13.5. The Hall–Kier alpha value is -3.18. The van der Waals surface area contributed by atoms with E-state index in [-0.39, 0.29) is 46.5 Å². The summed E-state index contributed by atoms with van der Waals surface area (Å²) in [5, 5.41) is 7.25. The smallest absolute Gasteiger partial charge is 0.457 e. The molecule has 1 N–H and O–H groups in total. The minimum absolute atomic E-state index is 0.0136. The van der Waals surface area contributed by atoms with E-state index < -0.39 is 20.4 Å². The first kappa shape index (κ1) is 38.5. The highest BCUT2D eigenvalue weighted by atomic mass is 28.4. The Morgan fingerprint density at radius 2 is 1.63 bits per heavy atom. The number of rotatable bonds is 9. The van der Waals surface area contributed by atoms with Crippen molar-refractivity contribution < 1.29 is 31.5 Å². The number of hydrogen-bond donors (Lipinski definition) is 1. The summed E-state index contributed by atoms with van der Waals surface area (Å²) in [6.45, 7) is 18.8. The Labute approximate surface area is 307 Å². The van der Waals surface area contributed by atoms with E-state index in [1.807, 2.05) is 35.1 Å². The Bertz CT molecular complexity index is 1720. The van der Waals surface area contributed by atoms with Crippen LogP contribution in [-0.2, 0) is 22.1 Å². The van der Waals surface area contributed by atoms with Gasteiger partial charge in [-0.15, -0.1) is 0 Å². The van der Waals surface area contributed by atoms with E-state index in [0.29, 0.717) is 42.3 Å². The molecule has 3 aromatic rings. The largest absolute Gasteiger partial charge is 0.471 e. The van der Waals surface area contributed by atoms with Gasteiger partial charge in [0.05, 0.1) is 11.9 Å². The van der Waals surface area contributed by atoms with E-state index >= 15 is 0 Å². The molecule has 6 nitrogen and oxygen atoms in total. The van der Waals surface area contributed by atoms with Crippen molar-refractivity contribution in [2.24, 2.45) is 46.8 Å². The number of alkyl halides is 3. The van der Waals surface area contributed by atoms with Crippen molar-refractivity contribution in [1.82, 2.24) is 15.1 Å². The number of halogens is 4. The molecule has 1 heterocycles. The molecule has 0 radical (unpaired) electrons. The Kier molecular flexibility index (Phi) is 10.5. The summed E-state index contributed by atoms with van der Waals surface area (Å²) in [5.41, 5.74) is 2.86. The lowest BCUT2D eigenvalue weighted by Crippen LogP contribution is -2.55. The highest BCUT2D eigenvalue weighted by Crippen LogP contribution is 2.60. The van der Waals surface area contributed by atoms with Gasteiger partial charge in [-0.1, -0.05) is 48.0 Å². The molecule has 1 amide bonds. The van der Waals surface area contributed by atoms with Gasteiger partial charge in [0, 0.05) is 18.8 Å². The van der Waals surface area contributed by atoms with Gasteiger partial charge in [0.1, 0.15) is 17.3 Å². The predicted molar refractivity (Wildman–Crippen MR) is 197 cm³/mol. The summed E-state index contributed by atoms with van der Waals surface area (Å²) in [4.78, 5) is 12.2. The molecule has 284 valence electrons. The fourth-order valence-corrected chi connectivity index (χ4v) is 10.7. The molecule has 6 rings (SSSR count). The number of amides is 1. The van der Waals surface area contributed by atoms with Crippen LogP contribution in [-0.4, -0.2) is 43.3 Å². The normalized spacial score (nSPS) is 29.3. The van der Waals surface area contributed by atoms with Crippen LogP contribution < -0.4 is 10.1 Å². The number of ether oxygens (including phenoxy) is 1. The number of carbonyl (C=O) groups is 1. The molecular weight excluding hydrogens is 687 g/mol. The van der Waals surface area contributed by atoms with Gasteiger partial charge in [0.25, 0.3) is 0 Å². The lowest BCUT2D eigenvalue weighted by Gasteiger charge is -2.56. The first-order valence-corrected chi connectivity index (χ1v) is 21.8. The van der Waals surface area contributed by atoms with Crippen molar-refractivity contribution in [2.45, 2.75) is 98.0 Å². The molecule has 0 saturated heterocycles. The first-order valence-electron chi connectivity index (χ1n) is 18.9. The zero-order valence-corrected chi connectivity index (χ0v) is 32.8. The number of nitrogens with one attached hydrogen (secondary N) is 1. The number of hydrogen-bond acceptors (Lipinski definition) is 4. The van der Waals surface area contributed by atoms with Crippen LogP contribution in [0.15, 0.2) is 54.7 Å². The third-order valence-corrected chi connectivity index (χ3v) is 18.0. The fourth-order valence-electron chi connectivity index (χ4n) is 9.66. The van der Waals surface area contributed by atoms with Crippen LogP contribution in [0.4, 0.5) is 17.6 Å². The summed E-state index contributed by atoms with van der Waals surface area (Å²) in [6.07, 6.45) is 1.43. The van der Waals surface area contributed by atoms with Gasteiger partial charge in [-0.05, 0) is 145 Å². The molecule has 8 atom stereocenters. The molecule has 3 aliphatic rings. The summed E-state index contributed by atoms with van der Waals surface area (Å²) >= 11 is 0. The van der Waals surface area contributed by atoms with Gasteiger partial charge < -0.3 is 14.5 Å². The van der Waals surface area contributed by atoms with Crippen LogP contribution in [0.5, 0.6) is 11.5 Å². The van der Waals surface area contributed by atoms with Gasteiger partial charge in [0.2, 0.25) is 0 Å². The summed E-state index contributed by atoms with van der Waals surface area (Å²) in [6, 6.07) is 13.6. The lowest BCUT2D eigenvalue weighted by molar-refractivity contribution is -0.174. The summed E-state index contributed by atoms with van der Waals surface area (Å²) < 4.78 is 68.8. The number of fused-ring (bicyclic) bond motifs is 2. The maximum Gasteiger partial charge on any atom is 0.471 e. The molecule has 1 aromatic heterocycles. The second-order valence-electron chi connectivity index (χ2n) is 17.7. The standard InChI is InChI=1S/C41H55F4N3O3Si/c1-25-9-18-33-34(23-46-38(49)41(43,44)45)35(19-26(2)37(25)33)40(6)21-27-22-47-48(36(27)20-28(40)24-50-52(7,8)39(3,4)5)30-12-16-32(17-13-30)51-31-14-10-29(42)11-15-31/h10-17,22,25-26,28,33-35,37H,9,18-21,23-24H2,1-8H3,(H,46,49)/t25-,26+,28+,33+,34-,35-,37+,40-/m0/s1. The zero-order valence-electron chi connectivity index (χ0n) is 31.8. The van der Waals surface area contributed by atoms with Crippen molar-refractivity contribution >= 4 is 14.2 Å². The van der Waals surface area contributed by atoms with Crippen molar-refractivity contribution in [3.63, 3.8) is 0 Å². The van der Waals surface area contributed by atoms with Gasteiger partial charge in [0.15, 0.2) is 8.32 Å². The van der Waals surface area contributed by atoms with Crippen LogP contribution >= 0.6 is 0 Å². The molecule has 0 aliphatic heterocycles. The first-order chi connectivity index (χ1) is 24.3. The van der Waals surface area contributed by atoms with Crippen LogP contribution in [0.25, 0.3) is 5.69 Å². The zero-order chi connectivity index (χ0) is 37.8. The molecule has 52 heavy (non-hydrogen) atoms. The maximum absolute atomic E-state index is 13.5. The molecule has 0 unspecified atom stereocenters. The average Bonchev–Trinajstić information content (AvgIpc) is 3.66. The highest BCUT2D eigenvalue weighted by Gasteiger charge is 2.56. The molecule has 2 fully saturated rings. The fraction of sp³-hybridized carbons (Fsp3) is 0.610. The Balaban J connectivity index is 1.34. The van der Waals surface area contributed by atoms with Crippen molar-refractivity contribution in [3.8, 4) is 17.2 Å². The maximum atomic E-state index is 13.5. The van der Waals surface area contributed by atoms with E-state index in [4.69, 9.17) is 14.3 Å². The Morgan fingerprint density at radius 1 is 1.00 bits per heavy atom. The number of carbonyl (C=O) groups excluding carboxylic acids is 1. The summed E-state index contributed by atoms with van der Waals surface area (Å²) in [7, 11) is -2.15. The molecule has 3 aliphatic carbocycles. The second-order valence-corrected chi connectivity index (χ2v) is 22.5. The van der Waals surface area contributed by atoms with E-state index in [2.05, 4.69) is 60.0 Å².